The average Bonchev–Trinajstić information content (AvgIpc) is 3.54. The number of carbonyl (C=O) groups is 1. The fourth-order valence-corrected chi connectivity index (χ4v) is 3.19. The van der Waals surface area contributed by atoms with Crippen molar-refractivity contribution in [1.82, 2.24) is 20.5 Å². The molecule has 0 aliphatic rings. The number of benzene rings is 1. The van der Waals surface area contributed by atoms with Gasteiger partial charge in [-0.25, -0.2) is 0 Å². The maximum Gasteiger partial charge on any atom is 0.269 e. The maximum atomic E-state index is 12.6. The molecule has 0 radical (unpaired) electrons. The zero-order valence-corrected chi connectivity index (χ0v) is 17.8. The van der Waals surface area contributed by atoms with Gasteiger partial charge in [-0.05, 0) is 42.0 Å². The van der Waals surface area contributed by atoms with Crippen molar-refractivity contribution in [3.05, 3.63) is 66.2 Å². The minimum atomic E-state index is -0.286. The normalized spacial score (nSPS) is 10.6. The Bertz CT molecular complexity index is 1170. The van der Waals surface area contributed by atoms with Crippen molar-refractivity contribution in [2.24, 2.45) is 0 Å². The molecule has 1 amide bonds. The summed E-state index contributed by atoms with van der Waals surface area (Å²) in [5, 5.41) is 9.87. The number of H-pyrrole nitrogens is 1. The van der Waals surface area contributed by atoms with Gasteiger partial charge in [0.1, 0.15) is 11.4 Å². The molecule has 3 heterocycles. The highest BCUT2D eigenvalue weighted by molar-refractivity contribution is 5.93. The summed E-state index contributed by atoms with van der Waals surface area (Å²) in [7, 11) is 4.62. The summed E-state index contributed by atoms with van der Waals surface area (Å²) in [4.78, 5) is 16.9. The lowest BCUT2D eigenvalue weighted by atomic mass is 10.1. The molecule has 0 saturated carbocycles. The number of carbonyl (C=O) groups excluding carboxylic acids is 1. The van der Waals surface area contributed by atoms with E-state index in [9.17, 15) is 4.79 Å². The largest absolute Gasteiger partial charge is 0.493 e. The first kappa shape index (κ1) is 21.0. The molecular weight excluding hydrogens is 412 g/mol. The molecule has 0 aliphatic carbocycles. The summed E-state index contributed by atoms with van der Waals surface area (Å²) in [5.41, 5.74) is 3.20. The van der Waals surface area contributed by atoms with Gasteiger partial charge in [0.25, 0.3) is 5.91 Å². The molecule has 4 rings (SSSR count). The fourth-order valence-electron chi connectivity index (χ4n) is 3.19. The van der Waals surface area contributed by atoms with E-state index in [1.807, 2.05) is 24.3 Å². The molecule has 0 fully saturated rings. The van der Waals surface area contributed by atoms with Gasteiger partial charge in [-0.15, -0.1) is 0 Å². The number of aromatic amines is 1. The van der Waals surface area contributed by atoms with Crippen molar-refractivity contribution in [1.29, 1.82) is 0 Å². The van der Waals surface area contributed by atoms with Gasteiger partial charge in [-0.1, -0.05) is 6.07 Å². The lowest BCUT2D eigenvalue weighted by Crippen LogP contribution is -2.23. The molecule has 0 unspecified atom stereocenters. The molecule has 2 N–H and O–H groups in total. The molecule has 0 spiro atoms. The zero-order chi connectivity index (χ0) is 22.5. The first-order chi connectivity index (χ1) is 15.6. The maximum absolute atomic E-state index is 12.6. The molecule has 0 aliphatic heterocycles. The van der Waals surface area contributed by atoms with E-state index >= 15 is 0 Å². The molecule has 32 heavy (non-hydrogen) atoms. The van der Waals surface area contributed by atoms with Gasteiger partial charge in [0, 0.05) is 18.3 Å². The Balaban J connectivity index is 1.45. The number of aromatic nitrogens is 3. The highest BCUT2D eigenvalue weighted by atomic mass is 16.5. The number of pyridine rings is 1. The Morgan fingerprint density at radius 1 is 1.03 bits per heavy atom. The highest BCUT2D eigenvalue weighted by Gasteiger charge is 2.17. The van der Waals surface area contributed by atoms with Gasteiger partial charge in [0.05, 0.1) is 33.3 Å². The van der Waals surface area contributed by atoms with Crippen molar-refractivity contribution in [3.8, 4) is 40.0 Å². The molecule has 0 bridgehead atoms. The molecule has 0 atom stereocenters. The van der Waals surface area contributed by atoms with Crippen LogP contribution in [0.3, 0.4) is 0 Å². The molecular formula is C23H22N4O5. The summed E-state index contributed by atoms with van der Waals surface area (Å²) < 4.78 is 21.4. The SMILES string of the molecule is COc1cc(-c2cc(C(=O)NCc3ccc(-c4ccco4)nc3)[nH]n2)cc(OC)c1OC. The van der Waals surface area contributed by atoms with Gasteiger partial charge >= 0.3 is 0 Å². The van der Waals surface area contributed by atoms with E-state index in [2.05, 4.69) is 20.5 Å². The summed E-state index contributed by atoms with van der Waals surface area (Å²) in [5.74, 6) is 1.89. The van der Waals surface area contributed by atoms with Crippen LogP contribution >= 0.6 is 0 Å². The number of rotatable bonds is 8. The van der Waals surface area contributed by atoms with Gasteiger partial charge in [0.15, 0.2) is 17.3 Å². The van der Waals surface area contributed by atoms with Crippen LogP contribution in [0.2, 0.25) is 0 Å². The van der Waals surface area contributed by atoms with E-state index in [1.165, 1.54) is 7.11 Å². The van der Waals surface area contributed by atoms with Gasteiger partial charge in [0.2, 0.25) is 5.75 Å². The second-order valence-corrected chi connectivity index (χ2v) is 6.79. The van der Waals surface area contributed by atoms with Crippen LogP contribution in [0.5, 0.6) is 17.2 Å². The standard InChI is InChI=1S/C23H22N4O5/c1-29-20-9-15(10-21(30-2)22(20)31-3)17-11-18(27-26-17)23(28)25-13-14-6-7-16(24-12-14)19-5-4-8-32-19/h4-12H,13H2,1-3H3,(H,25,28)(H,26,27). The second-order valence-electron chi connectivity index (χ2n) is 6.79. The number of hydrogen-bond acceptors (Lipinski definition) is 7. The van der Waals surface area contributed by atoms with Gasteiger partial charge in [-0.2, -0.15) is 5.10 Å². The summed E-state index contributed by atoms with van der Waals surface area (Å²) in [6.45, 7) is 0.322. The van der Waals surface area contributed by atoms with E-state index in [0.29, 0.717) is 46.5 Å². The van der Waals surface area contributed by atoms with Crippen LogP contribution in [0.4, 0.5) is 0 Å². The number of furan rings is 1. The number of nitrogens with zero attached hydrogens (tertiary/aromatic N) is 2. The van der Waals surface area contributed by atoms with Crippen molar-refractivity contribution < 1.29 is 23.4 Å². The molecule has 1 aromatic carbocycles. The smallest absolute Gasteiger partial charge is 0.269 e. The average molecular weight is 434 g/mol. The first-order valence-corrected chi connectivity index (χ1v) is 9.75. The monoisotopic (exact) mass is 434 g/mol. The lowest BCUT2D eigenvalue weighted by Gasteiger charge is -2.13. The van der Waals surface area contributed by atoms with Gasteiger partial charge in [-0.3, -0.25) is 14.9 Å². The number of methoxy groups -OCH3 is 3. The number of amides is 1. The molecule has 0 saturated heterocycles. The molecule has 4 aromatic rings. The third-order valence-electron chi connectivity index (χ3n) is 4.83. The number of nitrogens with one attached hydrogen (secondary N) is 2. The Morgan fingerprint density at radius 2 is 1.81 bits per heavy atom. The van der Waals surface area contributed by atoms with Crippen LogP contribution in [-0.2, 0) is 6.54 Å². The van der Waals surface area contributed by atoms with Crippen LogP contribution < -0.4 is 19.5 Å². The van der Waals surface area contributed by atoms with E-state index < -0.39 is 0 Å². The second kappa shape index (κ2) is 9.25. The Hall–Kier alpha value is -4.27. The van der Waals surface area contributed by atoms with E-state index in [0.717, 1.165) is 11.3 Å². The number of ether oxygens (including phenoxy) is 3. The van der Waals surface area contributed by atoms with Crippen molar-refractivity contribution in [2.75, 3.05) is 21.3 Å². The predicted octanol–water partition coefficient (Wildman–Crippen LogP) is 3.69. The van der Waals surface area contributed by atoms with Crippen LogP contribution in [0.25, 0.3) is 22.7 Å². The lowest BCUT2D eigenvalue weighted by molar-refractivity contribution is 0.0946. The molecule has 3 aromatic heterocycles. The first-order valence-electron chi connectivity index (χ1n) is 9.75. The van der Waals surface area contributed by atoms with Crippen molar-refractivity contribution >= 4 is 5.91 Å². The molecule has 9 heteroatoms. The summed E-state index contributed by atoms with van der Waals surface area (Å²) in [6, 6.07) is 12.6. The quantitative estimate of drug-likeness (QED) is 0.435. The third kappa shape index (κ3) is 4.27. The topological polar surface area (TPSA) is 112 Å². The van der Waals surface area contributed by atoms with Crippen LogP contribution in [-0.4, -0.2) is 42.4 Å². The minimum Gasteiger partial charge on any atom is -0.493 e. The molecule has 164 valence electrons. The Kier molecular flexibility index (Phi) is 6.07. The Labute approximate surface area is 184 Å². The third-order valence-corrected chi connectivity index (χ3v) is 4.83. The van der Waals surface area contributed by atoms with Crippen LogP contribution in [0, 0.1) is 0 Å². The van der Waals surface area contributed by atoms with Gasteiger partial charge < -0.3 is 23.9 Å². The van der Waals surface area contributed by atoms with E-state index in [1.54, 1.807) is 44.9 Å². The van der Waals surface area contributed by atoms with E-state index in [4.69, 9.17) is 18.6 Å². The van der Waals surface area contributed by atoms with Crippen molar-refractivity contribution in [3.63, 3.8) is 0 Å². The van der Waals surface area contributed by atoms with Crippen molar-refractivity contribution in [2.45, 2.75) is 6.54 Å². The summed E-state index contributed by atoms with van der Waals surface area (Å²) >= 11 is 0. The number of hydrogen-bond donors (Lipinski definition) is 2. The highest BCUT2D eigenvalue weighted by Crippen LogP contribution is 2.40. The van der Waals surface area contributed by atoms with E-state index in [-0.39, 0.29) is 5.91 Å². The van der Waals surface area contributed by atoms with Crippen LogP contribution in [0.15, 0.2) is 59.3 Å². The fraction of sp³-hybridized carbons (Fsp3) is 0.174. The predicted molar refractivity (Wildman–Crippen MR) is 117 cm³/mol. The molecule has 9 nitrogen and oxygen atoms in total. The summed E-state index contributed by atoms with van der Waals surface area (Å²) in [6.07, 6.45) is 3.30. The Morgan fingerprint density at radius 3 is 2.41 bits per heavy atom. The van der Waals surface area contributed by atoms with Crippen LogP contribution in [0.1, 0.15) is 16.1 Å². The minimum absolute atomic E-state index is 0.286. The zero-order valence-electron chi connectivity index (χ0n) is 17.8.